The molecule has 0 atom stereocenters. The average molecular weight is 481 g/mol. The third-order valence-corrected chi connectivity index (χ3v) is 6.74. The van der Waals surface area contributed by atoms with Gasteiger partial charge >= 0.3 is 0 Å². The van der Waals surface area contributed by atoms with Crippen molar-refractivity contribution in [2.75, 3.05) is 0 Å². The van der Waals surface area contributed by atoms with Crippen molar-refractivity contribution in [2.45, 2.75) is 6.54 Å². The first-order chi connectivity index (χ1) is 17.1. The average Bonchev–Trinajstić information content (AvgIpc) is 3.46. The number of aliphatic imine (C=N–C) groups is 1. The van der Waals surface area contributed by atoms with Crippen molar-refractivity contribution in [2.24, 2.45) is 10.1 Å². The van der Waals surface area contributed by atoms with Gasteiger partial charge in [-0.25, -0.2) is 4.39 Å². The SMILES string of the molecule is N=C1C(=Cc2cn(Cc3ccccc3F)c3ccccc23)C(=O)N=C2SC(c3cccnc3)=NN12. The van der Waals surface area contributed by atoms with Gasteiger partial charge in [0.25, 0.3) is 5.91 Å². The summed E-state index contributed by atoms with van der Waals surface area (Å²) in [6.45, 7) is 0.339. The zero-order valence-corrected chi connectivity index (χ0v) is 19.0. The van der Waals surface area contributed by atoms with Gasteiger partial charge in [-0.15, -0.1) is 0 Å². The summed E-state index contributed by atoms with van der Waals surface area (Å²) in [4.78, 5) is 21.2. The first-order valence-electron chi connectivity index (χ1n) is 10.8. The fourth-order valence-corrected chi connectivity index (χ4v) is 4.97. The van der Waals surface area contributed by atoms with Gasteiger partial charge in [0.05, 0.1) is 12.1 Å². The van der Waals surface area contributed by atoms with Crippen LogP contribution in [0.25, 0.3) is 17.0 Å². The first kappa shape index (κ1) is 21.2. The highest BCUT2D eigenvalue weighted by atomic mass is 32.2. The predicted molar refractivity (Wildman–Crippen MR) is 136 cm³/mol. The highest BCUT2D eigenvalue weighted by Crippen LogP contribution is 2.32. The minimum Gasteiger partial charge on any atom is -0.342 e. The lowest BCUT2D eigenvalue weighted by atomic mass is 10.1. The minimum atomic E-state index is -0.498. The second kappa shape index (κ2) is 8.44. The van der Waals surface area contributed by atoms with Gasteiger partial charge in [-0.3, -0.25) is 15.2 Å². The maximum absolute atomic E-state index is 14.3. The molecule has 0 aliphatic carbocycles. The Morgan fingerprint density at radius 2 is 1.89 bits per heavy atom. The highest BCUT2D eigenvalue weighted by molar-refractivity contribution is 8.27. The molecule has 2 aliphatic rings. The number of hydrazone groups is 1. The molecule has 2 aromatic carbocycles. The normalized spacial score (nSPS) is 16.6. The van der Waals surface area contributed by atoms with Gasteiger partial charge in [0.15, 0.2) is 5.84 Å². The largest absolute Gasteiger partial charge is 0.342 e. The number of carbonyl (C=O) groups excluding carboxylic acids is 1. The van der Waals surface area contributed by atoms with Gasteiger partial charge in [0.2, 0.25) is 5.17 Å². The zero-order valence-electron chi connectivity index (χ0n) is 18.2. The number of hydrogen-bond donors (Lipinski definition) is 1. The van der Waals surface area contributed by atoms with Crippen molar-refractivity contribution in [1.82, 2.24) is 14.6 Å². The van der Waals surface area contributed by atoms with Crippen LogP contribution in [0.4, 0.5) is 4.39 Å². The fourth-order valence-electron chi connectivity index (χ4n) is 4.08. The van der Waals surface area contributed by atoms with Crippen molar-refractivity contribution in [3.63, 3.8) is 0 Å². The molecule has 0 saturated heterocycles. The number of carbonyl (C=O) groups is 1. The van der Waals surface area contributed by atoms with Crippen molar-refractivity contribution < 1.29 is 9.18 Å². The molecule has 6 rings (SSSR count). The van der Waals surface area contributed by atoms with Crippen molar-refractivity contribution in [1.29, 1.82) is 5.41 Å². The van der Waals surface area contributed by atoms with E-state index in [0.717, 1.165) is 22.0 Å². The van der Waals surface area contributed by atoms with E-state index in [4.69, 9.17) is 5.41 Å². The number of aromatic nitrogens is 2. The summed E-state index contributed by atoms with van der Waals surface area (Å²) >= 11 is 1.23. The van der Waals surface area contributed by atoms with Crippen LogP contribution >= 0.6 is 11.8 Å². The third-order valence-electron chi connectivity index (χ3n) is 5.78. The molecular formula is C26H17FN6OS. The van der Waals surface area contributed by atoms with Crippen LogP contribution in [0, 0.1) is 11.2 Å². The second-order valence-electron chi connectivity index (χ2n) is 7.99. The van der Waals surface area contributed by atoms with Gasteiger partial charge in [-0.1, -0.05) is 36.4 Å². The van der Waals surface area contributed by atoms with Gasteiger partial charge in [-0.2, -0.15) is 15.1 Å². The Morgan fingerprint density at radius 3 is 2.71 bits per heavy atom. The summed E-state index contributed by atoms with van der Waals surface area (Å²) in [6.07, 6.45) is 6.88. The summed E-state index contributed by atoms with van der Waals surface area (Å²) in [6, 6.07) is 18.0. The van der Waals surface area contributed by atoms with E-state index in [0.29, 0.717) is 22.3 Å². The van der Waals surface area contributed by atoms with Gasteiger partial charge < -0.3 is 4.57 Å². The minimum absolute atomic E-state index is 0.0441. The molecule has 2 aromatic heterocycles. The predicted octanol–water partition coefficient (Wildman–Crippen LogP) is 4.89. The number of benzene rings is 2. The van der Waals surface area contributed by atoms with Crippen molar-refractivity contribution in [3.8, 4) is 0 Å². The molecule has 2 aliphatic heterocycles. The summed E-state index contributed by atoms with van der Waals surface area (Å²) < 4.78 is 16.2. The van der Waals surface area contributed by atoms with Gasteiger partial charge in [0, 0.05) is 46.2 Å². The van der Waals surface area contributed by atoms with E-state index in [9.17, 15) is 9.18 Å². The number of fused-ring (bicyclic) bond motifs is 2. The molecule has 9 heteroatoms. The van der Waals surface area contributed by atoms with E-state index in [1.165, 1.54) is 22.8 Å². The lowest BCUT2D eigenvalue weighted by molar-refractivity contribution is -0.114. The standard InChI is InChI=1S/C26H17FN6OS/c27-21-9-3-1-6-17(21)14-32-15-18(19-8-2-4-10-22(19)32)12-20-23(28)33-26(30-24(20)34)35-25(31-33)16-7-5-11-29-13-16/h1-13,15,28H,14H2. The summed E-state index contributed by atoms with van der Waals surface area (Å²) in [5, 5.41) is 16.4. The third kappa shape index (κ3) is 3.75. The number of thioether (sulfide) groups is 1. The molecule has 7 nitrogen and oxygen atoms in total. The second-order valence-corrected chi connectivity index (χ2v) is 8.94. The quantitative estimate of drug-likeness (QED) is 0.422. The number of rotatable bonds is 4. The monoisotopic (exact) mass is 480 g/mol. The molecule has 0 unspecified atom stereocenters. The lowest BCUT2D eigenvalue weighted by Gasteiger charge is -2.20. The molecule has 4 aromatic rings. The van der Waals surface area contributed by atoms with E-state index in [-0.39, 0.29) is 17.2 Å². The molecule has 4 heterocycles. The number of amides is 1. The number of hydrogen-bond acceptors (Lipinski definition) is 5. The van der Waals surface area contributed by atoms with Crippen LogP contribution in [0.5, 0.6) is 0 Å². The van der Waals surface area contributed by atoms with Gasteiger partial charge in [-0.05, 0) is 42.1 Å². The molecular weight excluding hydrogens is 463 g/mol. The molecule has 0 fully saturated rings. The Hall–Kier alpha value is -4.37. The van der Waals surface area contributed by atoms with E-state index in [2.05, 4.69) is 15.1 Å². The molecule has 1 amide bonds. The van der Waals surface area contributed by atoms with Crippen LogP contribution in [0.15, 0.2) is 94.9 Å². The number of para-hydroxylation sites is 1. The van der Waals surface area contributed by atoms with Gasteiger partial charge in [0.1, 0.15) is 10.9 Å². The van der Waals surface area contributed by atoms with E-state index in [1.54, 1.807) is 42.7 Å². The molecule has 35 heavy (non-hydrogen) atoms. The topological polar surface area (TPSA) is 86.7 Å². The zero-order chi connectivity index (χ0) is 23.9. The van der Waals surface area contributed by atoms with Crippen molar-refractivity contribution >= 4 is 50.7 Å². The number of pyridine rings is 1. The fraction of sp³-hybridized carbons (Fsp3) is 0.0385. The maximum Gasteiger partial charge on any atom is 0.283 e. The molecule has 1 N–H and O–H groups in total. The Kier molecular flexibility index (Phi) is 5.11. The Bertz CT molecular complexity index is 1600. The van der Waals surface area contributed by atoms with E-state index in [1.807, 2.05) is 41.1 Å². The van der Waals surface area contributed by atoms with Crippen molar-refractivity contribution in [3.05, 3.63) is 107 Å². The first-order valence-corrected chi connectivity index (χ1v) is 11.6. The number of nitrogens with zero attached hydrogens (tertiary/aromatic N) is 5. The number of nitrogens with one attached hydrogen (secondary N) is 1. The van der Waals surface area contributed by atoms with Crippen LogP contribution in [0.1, 0.15) is 16.7 Å². The van der Waals surface area contributed by atoms with Crippen LogP contribution < -0.4 is 0 Å². The Balaban J connectivity index is 1.39. The molecule has 0 bridgehead atoms. The molecule has 0 spiro atoms. The summed E-state index contributed by atoms with van der Waals surface area (Å²) in [5.41, 5.74) is 3.13. The van der Waals surface area contributed by atoms with Crippen LogP contribution in [-0.4, -0.2) is 36.5 Å². The number of halogens is 1. The lowest BCUT2D eigenvalue weighted by Crippen LogP contribution is -2.35. The highest BCUT2D eigenvalue weighted by Gasteiger charge is 2.36. The Morgan fingerprint density at radius 1 is 1.06 bits per heavy atom. The Labute approximate surface area is 203 Å². The van der Waals surface area contributed by atoms with Crippen LogP contribution in [0.2, 0.25) is 0 Å². The summed E-state index contributed by atoms with van der Waals surface area (Å²) in [5.74, 6) is -0.815. The molecule has 0 radical (unpaired) electrons. The van der Waals surface area contributed by atoms with E-state index >= 15 is 0 Å². The number of amidine groups is 2. The molecule has 0 saturated carbocycles. The van der Waals surface area contributed by atoms with Crippen LogP contribution in [0.3, 0.4) is 0 Å². The maximum atomic E-state index is 14.3. The summed E-state index contributed by atoms with van der Waals surface area (Å²) in [7, 11) is 0. The van der Waals surface area contributed by atoms with Crippen LogP contribution in [-0.2, 0) is 11.3 Å². The molecule has 170 valence electrons. The van der Waals surface area contributed by atoms with E-state index < -0.39 is 5.91 Å². The smallest absolute Gasteiger partial charge is 0.283 e.